The molecule has 0 aliphatic rings. The van der Waals surface area contributed by atoms with Crippen molar-refractivity contribution < 1.29 is 46.7 Å². The molecular formula is C63H58FIrN3O3-2. The van der Waals surface area contributed by atoms with Crippen molar-refractivity contribution in [3.63, 3.8) is 0 Å². The maximum atomic E-state index is 14.5. The fourth-order valence-electron chi connectivity index (χ4n) is 8.11. The van der Waals surface area contributed by atoms with Crippen LogP contribution in [0.4, 0.5) is 4.39 Å². The number of hydrogen-bond acceptors (Lipinski definition) is 6. The molecule has 8 heteroatoms. The molecule has 0 aliphatic carbocycles. The Labute approximate surface area is 438 Å². The predicted octanol–water partition coefficient (Wildman–Crippen LogP) is 16.8. The quantitative estimate of drug-likeness (QED) is 0.160. The molecule has 0 aliphatic heterocycles. The van der Waals surface area contributed by atoms with Gasteiger partial charge in [-0.2, -0.15) is 0 Å². The molecule has 1 atom stereocenters. The van der Waals surface area contributed by atoms with Gasteiger partial charge >= 0.3 is 0 Å². The van der Waals surface area contributed by atoms with Gasteiger partial charge in [-0.3, -0.25) is 9.37 Å². The summed E-state index contributed by atoms with van der Waals surface area (Å²) in [6, 6.07) is 53.6. The van der Waals surface area contributed by atoms with Crippen LogP contribution in [0.15, 0.2) is 179 Å². The summed E-state index contributed by atoms with van der Waals surface area (Å²) in [5.74, 6) is -3.12. The van der Waals surface area contributed by atoms with E-state index in [1.165, 1.54) is 12.3 Å². The van der Waals surface area contributed by atoms with Crippen LogP contribution in [0.2, 0.25) is 0 Å². The molecule has 361 valence electrons. The number of halogens is 1. The van der Waals surface area contributed by atoms with Gasteiger partial charge in [0.25, 0.3) is 0 Å². The van der Waals surface area contributed by atoms with Crippen molar-refractivity contribution in [1.29, 1.82) is 0 Å². The van der Waals surface area contributed by atoms with Crippen LogP contribution in [0.3, 0.4) is 0 Å². The monoisotopic (exact) mass is 1120 g/mol. The first kappa shape index (κ1) is 43.9. The summed E-state index contributed by atoms with van der Waals surface area (Å²) < 4.78 is 75.5. The predicted molar refractivity (Wildman–Crippen MR) is 286 cm³/mol. The zero-order valence-corrected chi connectivity index (χ0v) is 43.1. The van der Waals surface area contributed by atoms with E-state index in [2.05, 4.69) is 45.3 Å². The molecule has 0 saturated heterocycles. The molecule has 0 bridgehead atoms. The summed E-state index contributed by atoms with van der Waals surface area (Å²) in [7, 11) is 0. The second-order valence-corrected chi connectivity index (χ2v) is 17.1. The molecule has 11 rings (SSSR count). The van der Waals surface area contributed by atoms with Crippen molar-refractivity contribution in [2.24, 2.45) is 0 Å². The van der Waals surface area contributed by atoms with Gasteiger partial charge in [-0.15, -0.1) is 36.4 Å². The van der Waals surface area contributed by atoms with Gasteiger partial charge in [0.1, 0.15) is 16.7 Å². The molecule has 6 nitrogen and oxygen atoms in total. The number of furan rings is 2. The van der Waals surface area contributed by atoms with Crippen molar-refractivity contribution in [2.75, 3.05) is 6.61 Å². The number of fused-ring (bicyclic) bond motifs is 6. The Kier molecular flexibility index (Phi) is 14.6. The normalized spacial score (nSPS) is 13.5. The molecule has 6 aromatic carbocycles. The second-order valence-electron chi connectivity index (χ2n) is 17.1. The maximum Gasteiger partial charge on any atom is 0.144 e. The van der Waals surface area contributed by atoms with Crippen molar-refractivity contribution >= 4 is 43.9 Å². The Morgan fingerprint density at radius 1 is 0.592 bits per heavy atom. The molecule has 0 amide bonds. The summed E-state index contributed by atoms with van der Waals surface area (Å²) >= 11 is 0. The molecule has 0 fully saturated rings. The van der Waals surface area contributed by atoms with Gasteiger partial charge < -0.3 is 23.9 Å². The van der Waals surface area contributed by atoms with Crippen molar-refractivity contribution in [1.82, 2.24) is 15.0 Å². The first-order chi connectivity index (χ1) is 36.1. The van der Waals surface area contributed by atoms with Crippen molar-refractivity contribution in [2.45, 2.75) is 73.0 Å². The number of aliphatic hydroxyl groups is 1. The smallest absolute Gasteiger partial charge is 0.144 e. The van der Waals surface area contributed by atoms with Gasteiger partial charge in [-0.1, -0.05) is 160 Å². The minimum Gasteiger partial charge on any atom is -0.501 e. The van der Waals surface area contributed by atoms with Gasteiger partial charge in [0, 0.05) is 87.0 Å². The zero-order valence-electron chi connectivity index (χ0n) is 46.7. The first-order valence-corrected chi connectivity index (χ1v) is 23.1. The Morgan fingerprint density at radius 3 is 1.77 bits per heavy atom. The second kappa shape index (κ2) is 23.7. The number of para-hydroxylation sites is 3. The van der Waals surface area contributed by atoms with Gasteiger partial charge in [-0.25, -0.2) is 0 Å². The Bertz CT molecular complexity index is 3640. The van der Waals surface area contributed by atoms with E-state index in [-0.39, 0.29) is 49.1 Å². The summed E-state index contributed by atoms with van der Waals surface area (Å²) in [4.78, 5) is 13.1. The van der Waals surface area contributed by atoms with Crippen LogP contribution in [0, 0.1) is 31.7 Å². The number of rotatable bonds is 7. The fourth-order valence-corrected chi connectivity index (χ4v) is 8.11. The maximum absolute atomic E-state index is 14.5. The molecule has 1 N–H and O–H groups in total. The van der Waals surface area contributed by atoms with Gasteiger partial charge in [0.05, 0.1) is 11.3 Å². The molecule has 1 unspecified atom stereocenters. The van der Waals surface area contributed by atoms with E-state index >= 15 is 0 Å². The Hall–Kier alpha value is -7.09. The number of aliphatic hydroxyl groups excluding tert-OH is 1. The number of hydrogen-bond donors (Lipinski definition) is 1. The van der Waals surface area contributed by atoms with E-state index in [0.717, 1.165) is 77.5 Å². The molecule has 1 radical (unpaired) electrons. The summed E-state index contributed by atoms with van der Waals surface area (Å²) in [6.45, 7) is 10.3. The van der Waals surface area contributed by atoms with Crippen molar-refractivity contribution in [3.8, 4) is 33.8 Å². The van der Waals surface area contributed by atoms with Gasteiger partial charge in [-0.05, 0) is 95.6 Å². The van der Waals surface area contributed by atoms with Gasteiger partial charge in [0.15, 0.2) is 0 Å². The number of aromatic nitrogens is 3. The molecule has 5 aromatic heterocycles. The van der Waals surface area contributed by atoms with Crippen LogP contribution in [0.1, 0.15) is 101 Å². The minimum absolute atomic E-state index is 0. The SMILES string of the molecule is CCO.[2H]C(C)(C)c1ccnc(-c2[c-]ccc3c2oc2ccccc23)c1.[2H]C(C)(C)c1ccnc(-c2cccc3c2oc2ccccc23)c1.[2H]C([2H])([2H])c1cnc(-c2[c-]ccc(C)c2F)cc1C([2H])(C)c1ccccc1.[Ir]. The van der Waals surface area contributed by atoms with E-state index < -0.39 is 30.4 Å². The van der Waals surface area contributed by atoms with Crippen LogP contribution in [-0.2, 0) is 20.1 Å². The third-order valence-electron chi connectivity index (χ3n) is 11.8. The number of benzene rings is 6. The average molecular weight is 1120 g/mol. The summed E-state index contributed by atoms with van der Waals surface area (Å²) in [6.07, 6.45) is 4.74. The number of aryl methyl sites for hydroxylation is 2. The molecular weight excluding hydrogens is 1060 g/mol. The standard InChI is InChI=1S/C21H19FN.C20H17NO.C20H16NO.C2H6O.Ir/c1-14-8-7-11-18(21(14)22)20-12-19(15(2)13-23-20)16(3)17-9-5-4-6-10-17;2*1-13(2)14-10-11-21-18(12-14)17-8-5-7-16-15-6-3-4-9-19(15)22-20(16)17;1-2-3;/h4-10,12-13,16H,1-3H3;3-13H,1-2H3;3-7,9-13H,1-2H3;3H,2H2,1H3;/q-1;;-1;;/i2D3,16D;2*13D;;. The molecule has 71 heavy (non-hydrogen) atoms. The zero-order chi connectivity index (χ0) is 54.6. The van der Waals surface area contributed by atoms with E-state index in [0.29, 0.717) is 11.1 Å². The number of nitrogens with zero attached hydrogens (tertiary/aromatic N) is 3. The van der Waals surface area contributed by atoms with E-state index in [9.17, 15) is 4.39 Å². The van der Waals surface area contributed by atoms with E-state index in [4.69, 9.17) is 22.2 Å². The summed E-state index contributed by atoms with van der Waals surface area (Å²) in [5, 5.41) is 11.9. The third-order valence-corrected chi connectivity index (χ3v) is 11.8. The van der Waals surface area contributed by atoms with Crippen molar-refractivity contribution in [3.05, 3.63) is 222 Å². The first-order valence-electron chi connectivity index (χ1n) is 26.1. The minimum atomic E-state index is -2.44. The average Bonchev–Trinajstić information content (AvgIpc) is 4.02. The van der Waals surface area contributed by atoms with Crippen LogP contribution >= 0.6 is 0 Å². The molecule has 5 heterocycles. The third kappa shape index (κ3) is 11.6. The fraction of sp³-hybridized carbons (Fsp3) is 0.190. The van der Waals surface area contributed by atoms with E-state index in [1.807, 2.05) is 119 Å². The van der Waals surface area contributed by atoms with E-state index in [1.54, 1.807) is 69.6 Å². The number of pyridine rings is 3. The van der Waals surface area contributed by atoms with Crippen LogP contribution < -0.4 is 0 Å². The molecule has 11 aromatic rings. The van der Waals surface area contributed by atoms with Crippen LogP contribution in [0.5, 0.6) is 0 Å². The largest absolute Gasteiger partial charge is 0.501 e. The topological polar surface area (TPSA) is 85.2 Å². The molecule has 0 saturated carbocycles. The Morgan fingerprint density at radius 2 is 1.13 bits per heavy atom. The summed E-state index contributed by atoms with van der Waals surface area (Å²) in [5.41, 5.74) is 10.4. The van der Waals surface area contributed by atoms with Gasteiger partial charge in [0.2, 0.25) is 0 Å². The van der Waals surface area contributed by atoms with Crippen LogP contribution in [0.25, 0.3) is 77.6 Å². The Balaban J connectivity index is 0.000000163. The molecule has 0 spiro atoms. The van der Waals surface area contributed by atoms with Crippen LogP contribution in [-0.4, -0.2) is 26.7 Å².